The largest absolute Gasteiger partial charge is 0.378 e. The number of aryl methyl sites for hydroxylation is 1. The molecule has 1 aromatic carbocycles. The van der Waals surface area contributed by atoms with E-state index in [-0.39, 0.29) is 5.91 Å². The second-order valence-corrected chi connectivity index (χ2v) is 5.55. The molecule has 7 nitrogen and oxygen atoms in total. The predicted octanol–water partition coefficient (Wildman–Crippen LogP) is 1.70. The summed E-state index contributed by atoms with van der Waals surface area (Å²) < 4.78 is 5.25. The average molecular weight is 343 g/mol. The summed E-state index contributed by atoms with van der Waals surface area (Å²) in [6, 6.07) is 5.54. The van der Waals surface area contributed by atoms with Gasteiger partial charge in [-0.15, -0.1) is 0 Å². The third kappa shape index (κ3) is 5.51. The van der Waals surface area contributed by atoms with Gasteiger partial charge >= 0.3 is 0 Å². The zero-order valence-corrected chi connectivity index (χ0v) is 14.5. The number of ether oxygens (including phenoxy) is 1. The van der Waals surface area contributed by atoms with Gasteiger partial charge < -0.3 is 26.5 Å². The van der Waals surface area contributed by atoms with Crippen molar-refractivity contribution in [2.24, 2.45) is 10.7 Å². The molecule has 0 saturated heterocycles. The van der Waals surface area contributed by atoms with E-state index in [1.807, 2.05) is 25.1 Å². The van der Waals surface area contributed by atoms with Crippen LogP contribution in [0, 0.1) is 5.41 Å². The van der Waals surface area contributed by atoms with E-state index in [1.165, 1.54) is 0 Å². The summed E-state index contributed by atoms with van der Waals surface area (Å²) in [5, 5.41) is 13.9. The van der Waals surface area contributed by atoms with Crippen LogP contribution >= 0.6 is 0 Å². The van der Waals surface area contributed by atoms with Gasteiger partial charge in [0.2, 0.25) is 0 Å². The van der Waals surface area contributed by atoms with Crippen molar-refractivity contribution < 1.29 is 9.53 Å². The zero-order chi connectivity index (χ0) is 18.1. The van der Waals surface area contributed by atoms with Gasteiger partial charge in [-0.1, -0.05) is 13.0 Å². The van der Waals surface area contributed by atoms with Crippen molar-refractivity contribution in [3.8, 4) is 0 Å². The Morgan fingerprint density at radius 3 is 2.96 bits per heavy atom. The van der Waals surface area contributed by atoms with E-state index in [2.05, 4.69) is 15.6 Å². The van der Waals surface area contributed by atoms with E-state index < -0.39 is 0 Å². The van der Waals surface area contributed by atoms with Crippen molar-refractivity contribution in [1.82, 2.24) is 5.32 Å². The highest BCUT2D eigenvalue weighted by atomic mass is 16.5. The van der Waals surface area contributed by atoms with Gasteiger partial charge in [-0.25, -0.2) is 4.99 Å². The first-order valence-corrected chi connectivity index (χ1v) is 8.42. The van der Waals surface area contributed by atoms with E-state index in [4.69, 9.17) is 15.9 Å². The summed E-state index contributed by atoms with van der Waals surface area (Å²) in [7, 11) is 0. The second-order valence-electron chi connectivity index (χ2n) is 5.55. The van der Waals surface area contributed by atoms with Gasteiger partial charge in [0.1, 0.15) is 0 Å². The first-order valence-electron chi connectivity index (χ1n) is 8.42. The first-order chi connectivity index (χ1) is 12.2. The summed E-state index contributed by atoms with van der Waals surface area (Å²) in [6.07, 6.45) is 4.83. The number of rotatable bonds is 8. The highest BCUT2D eigenvalue weighted by molar-refractivity contribution is 6.45. The van der Waals surface area contributed by atoms with Crippen LogP contribution in [-0.2, 0) is 11.2 Å². The molecule has 0 spiro atoms. The van der Waals surface area contributed by atoms with Gasteiger partial charge in [-0.2, -0.15) is 0 Å². The fourth-order valence-corrected chi connectivity index (χ4v) is 2.42. The lowest BCUT2D eigenvalue weighted by atomic mass is 10.0. The summed E-state index contributed by atoms with van der Waals surface area (Å²) in [5.74, 6) is 0.421. The van der Waals surface area contributed by atoms with Crippen molar-refractivity contribution in [1.29, 1.82) is 5.41 Å². The molecule has 1 heterocycles. The zero-order valence-electron chi connectivity index (χ0n) is 14.5. The summed E-state index contributed by atoms with van der Waals surface area (Å²) >= 11 is 0. The normalized spacial score (nSPS) is 13.5. The van der Waals surface area contributed by atoms with Gasteiger partial charge in [0.25, 0.3) is 5.91 Å². The fraction of sp³-hybridized carbons (Fsp3) is 0.389. The number of amidine groups is 1. The van der Waals surface area contributed by atoms with E-state index >= 15 is 0 Å². The number of benzene rings is 1. The molecule has 0 aromatic heterocycles. The van der Waals surface area contributed by atoms with Crippen LogP contribution in [0.5, 0.6) is 0 Å². The predicted molar refractivity (Wildman–Crippen MR) is 101 cm³/mol. The Hall–Kier alpha value is -2.51. The molecule has 0 fully saturated rings. The molecule has 0 radical (unpaired) electrons. The fourth-order valence-electron chi connectivity index (χ4n) is 2.42. The Kier molecular flexibility index (Phi) is 7.31. The number of anilines is 1. The molecule has 5 N–H and O–H groups in total. The number of allylic oxidation sites excluding steroid dienone is 1. The Labute approximate surface area is 147 Å². The smallest absolute Gasteiger partial charge is 0.251 e. The first kappa shape index (κ1) is 18.8. The second kappa shape index (κ2) is 9.71. The molecular formula is C18H25N5O2. The molecule has 0 bridgehead atoms. The van der Waals surface area contributed by atoms with Crippen molar-refractivity contribution >= 4 is 23.1 Å². The number of carbonyl (C=O) groups excluding carboxylic acids is 1. The van der Waals surface area contributed by atoms with E-state index in [1.54, 1.807) is 12.3 Å². The Morgan fingerprint density at radius 1 is 1.40 bits per heavy atom. The van der Waals surface area contributed by atoms with Crippen LogP contribution in [0.3, 0.4) is 0 Å². The third-order valence-electron chi connectivity index (χ3n) is 3.70. The van der Waals surface area contributed by atoms with E-state index in [0.717, 1.165) is 17.7 Å². The van der Waals surface area contributed by atoms with E-state index in [0.29, 0.717) is 49.8 Å². The lowest BCUT2D eigenvalue weighted by Gasteiger charge is -2.15. The molecule has 1 aliphatic rings. The Bertz CT molecular complexity index is 682. The van der Waals surface area contributed by atoms with Crippen LogP contribution in [0.2, 0.25) is 0 Å². The van der Waals surface area contributed by atoms with Crippen LogP contribution < -0.4 is 16.4 Å². The minimum absolute atomic E-state index is 0.120. The number of aliphatic imine (C=N–C) groups is 1. The number of carbonyl (C=O) groups is 1. The molecule has 7 heteroatoms. The van der Waals surface area contributed by atoms with Gasteiger partial charge in [0, 0.05) is 37.0 Å². The highest BCUT2D eigenvalue weighted by Gasteiger charge is 2.13. The minimum atomic E-state index is -0.120. The molecule has 2 rings (SSSR count). The van der Waals surface area contributed by atoms with E-state index in [9.17, 15) is 4.79 Å². The molecular weight excluding hydrogens is 318 g/mol. The van der Waals surface area contributed by atoms with Crippen LogP contribution in [-0.4, -0.2) is 43.8 Å². The van der Waals surface area contributed by atoms with Crippen LogP contribution in [0.15, 0.2) is 35.5 Å². The Balaban J connectivity index is 2.00. The number of nitrogens with one attached hydrogen (secondary N) is 3. The maximum Gasteiger partial charge on any atom is 0.251 e. The topological polar surface area (TPSA) is 113 Å². The number of hydrogen-bond acceptors (Lipinski definition) is 6. The average Bonchev–Trinajstić information content (AvgIpc) is 2.63. The standard InChI is InChI=1S/C18H25N5O2/c1-2-13-12-14(23-17-16(20)4-3-8-21-17)5-6-15(13)18(24)22-9-11-25-10-7-19/h3,5-6,8,12,20H,2,4,7,9-11,19H2,1H3,(H,21,23)(H,22,24). The summed E-state index contributed by atoms with van der Waals surface area (Å²) in [4.78, 5) is 16.5. The molecule has 0 aliphatic carbocycles. The van der Waals surface area contributed by atoms with Crippen molar-refractivity contribution in [2.45, 2.75) is 19.8 Å². The van der Waals surface area contributed by atoms with Crippen molar-refractivity contribution in [3.63, 3.8) is 0 Å². The summed E-state index contributed by atoms with van der Waals surface area (Å²) in [5.41, 5.74) is 8.19. The number of nitrogens with zero attached hydrogens (tertiary/aromatic N) is 1. The van der Waals surface area contributed by atoms with Gasteiger partial charge in [-0.05, 0) is 30.2 Å². The highest BCUT2D eigenvalue weighted by Crippen LogP contribution is 2.18. The maximum absolute atomic E-state index is 12.3. The SMILES string of the molecule is CCc1cc(NC2=NC=CCC2=N)ccc1C(=O)NCCOCCN. The molecule has 1 aromatic rings. The van der Waals surface area contributed by atoms with Crippen molar-refractivity contribution in [3.05, 3.63) is 41.6 Å². The number of amides is 1. The molecule has 134 valence electrons. The number of hydrogen-bond donors (Lipinski definition) is 4. The maximum atomic E-state index is 12.3. The molecule has 25 heavy (non-hydrogen) atoms. The Morgan fingerprint density at radius 2 is 2.24 bits per heavy atom. The van der Waals surface area contributed by atoms with Gasteiger partial charge in [0.15, 0.2) is 5.84 Å². The van der Waals surface area contributed by atoms with Crippen LogP contribution in [0.4, 0.5) is 5.69 Å². The third-order valence-corrected chi connectivity index (χ3v) is 3.70. The minimum Gasteiger partial charge on any atom is -0.378 e. The molecule has 0 atom stereocenters. The molecule has 0 unspecified atom stereocenters. The van der Waals surface area contributed by atoms with Crippen LogP contribution in [0.1, 0.15) is 29.3 Å². The number of nitrogens with two attached hydrogens (primary N) is 1. The summed E-state index contributed by atoms with van der Waals surface area (Å²) in [6.45, 7) is 3.86. The van der Waals surface area contributed by atoms with Gasteiger partial charge in [0.05, 0.1) is 18.9 Å². The molecule has 1 aliphatic heterocycles. The quantitative estimate of drug-likeness (QED) is 0.538. The molecule has 1 amide bonds. The lowest BCUT2D eigenvalue weighted by Crippen LogP contribution is -2.29. The van der Waals surface area contributed by atoms with Gasteiger partial charge in [-0.3, -0.25) is 4.79 Å². The molecule has 0 saturated carbocycles. The van der Waals surface area contributed by atoms with Crippen LogP contribution in [0.25, 0.3) is 0 Å². The van der Waals surface area contributed by atoms with Crippen molar-refractivity contribution in [2.75, 3.05) is 31.6 Å². The lowest BCUT2D eigenvalue weighted by molar-refractivity contribution is 0.0919. The monoisotopic (exact) mass is 343 g/mol.